The van der Waals surface area contributed by atoms with Gasteiger partial charge in [-0.3, -0.25) is 4.98 Å². The molecule has 3 heteroatoms. The van der Waals surface area contributed by atoms with Crippen molar-refractivity contribution in [3.05, 3.63) is 35.5 Å². The predicted octanol–water partition coefficient (Wildman–Crippen LogP) is 4.04. The Morgan fingerprint density at radius 3 is 2.57 bits per heavy atom. The number of pyridine rings is 1. The Hall–Kier alpha value is -1.61. The van der Waals surface area contributed by atoms with Crippen molar-refractivity contribution >= 4 is 10.9 Å². The van der Waals surface area contributed by atoms with E-state index in [1.807, 2.05) is 12.1 Å². The molecule has 0 saturated heterocycles. The molecule has 0 unspecified atom stereocenters. The Labute approximate surface area is 127 Å². The minimum atomic E-state index is 0.0492. The topological polar surface area (TPSA) is 34.2 Å². The molecule has 3 nitrogen and oxygen atoms in total. The van der Waals surface area contributed by atoms with Gasteiger partial charge in [0, 0.05) is 23.0 Å². The molecular formula is C18H26N2O. The van der Waals surface area contributed by atoms with Gasteiger partial charge in [0.15, 0.2) is 0 Å². The first kappa shape index (κ1) is 15.8. The van der Waals surface area contributed by atoms with Crippen LogP contribution < -0.4 is 10.1 Å². The summed E-state index contributed by atoms with van der Waals surface area (Å²) in [5.74, 6) is 0.879. The second kappa shape index (κ2) is 6.44. The molecule has 0 fully saturated rings. The van der Waals surface area contributed by atoms with E-state index in [0.717, 1.165) is 36.5 Å². The van der Waals surface area contributed by atoms with Crippen LogP contribution in [-0.2, 0) is 12.0 Å². The van der Waals surface area contributed by atoms with Crippen molar-refractivity contribution in [3.63, 3.8) is 0 Å². The lowest BCUT2D eigenvalue weighted by Crippen LogP contribution is -2.18. The molecule has 0 aliphatic carbocycles. The maximum Gasteiger partial charge on any atom is 0.119 e. The molecule has 0 radical (unpaired) electrons. The maximum atomic E-state index is 5.35. The van der Waals surface area contributed by atoms with E-state index < -0.39 is 0 Å². The normalized spacial score (nSPS) is 11.9. The van der Waals surface area contributed by atoms with Gasteiger partial charge >= 0.3 is 0 Å². The highest BCUT2D eigenvalue weighted by atomic mass is 16.5. The van der Waals surface area contributed by atoms with E-state index in [2.05, 4.69) is 45.1 Å². The molecule has 0 bridgehead atoms. The summed E-state index contributed by atoms with van der Waals surface area (Å²) in [6, 6.07) is 8.33. The minimum Gasteiger partial charge on any atom is -0.497 e. The molecule has 1 aromatic carbocycles. The first-order valence-electron chi connectivity index (χ1n) is 7.64. The van der Waals surface area contributed by atoms with Gasteiger partial charge in [-0.15, -0.1) is 0 Å². The molecule has 2 aromatic rings. The van der Waals surface area contributed by atoms with Gasteiger partial charge in [0.2, 0.25) is 0 Å². The van der Waals surface area contributed by atoms with Crippen molar-refractivity contribution in [1.29, 1.82) is 0 Å². The summed E-state index contributed by atoms with van der Waals surface area (Å²) in [5, 5.41) is 4.66. The number of hydrogen-bond acceptors (Lipinski definition) is 3. The van der Waals surface area contributed by atoms with Gasteiger partial charge in [-0.2, -0.15) is 0 Å². The molecule has 0 aliphatic heterocycles. The van der Waals surface area contributed by atoms with Gasteiger partial charge in [0.25, 0.3) is 0 Å². The monoisotopic (exact) mass is 286 g/mol. The number of rotatable bonds is 5. The largest absolute Gasteiger partial charge is 0.497 e. The quantitative estimate of drug-likeness (QED) is 0.842. The average Bonchev–Trinajstić information content (AvgIpc) is 2.45. The minimum absolute atomic E-state index is 0.0492. The Kier molecular flexibility index (Phi) is 4.84. The Morgan fingerprint density at radius 2 is 1.95 bits per heavy atom. The second-order valence-electron chi connectivity index (χ2n) is 6.48. The van der Waals surface area contributed by atoms with Crippen LogP contribution in [0.1, 0.15) is 45.4 Å². The standard InChI is InChI=1S/C18H26N2O/c1-6-9-19-12-13-10-17(18(2,3)4)20-16-8-7-14(21-5)11-15(13)16/h7-8,10-11,19H,6,9,12H2,1-5H3. The molecule has 1 aromatic heterocycles. The Bertz CT molecular complexity index is 614. The highest BCUT2D eigenvalue weighted by molar-refractivity contribution is 5.84. The van der Waals surface area contributed by atoms with Crippen LogP contribution in [0.2, 0.25) is 0 Å². The van der Waals surface area contributed by atoms with Gasteiger partial charge in [-0.1, -0.05) is 27.7 Å². The number of hydrogen-bond donors (Lipinski definition) is 1. The van der Waals surface area contributed by atoms with Crippen LogP contribution in [0, 0.1) is 0 Å². The number of ether oxygens (including phenoxy) is 1. The molecule has 1 heterocycles. The molecular weight excluding hydrogens is 260 g/mol. The van der Waals surface area contributed by atoms with E-state index in [-0.39, 0.29) is 5.41 Å². The van der Waals surface area contributed by atoms with Crippen molar-refractivity contribution in [3.8, 4) is 5.75 Å². The number of nitrogens with zero attached hydrogens (tertiary/aromatic N) is 1. The fraction of sp³-hybridized carbons (Fsp3) is 0.500. The van der Waals surface area contributed by atoms with Crippen LogP contribution in [0.15, 0.2) is 24.3 Å². The van der Waals surface area contributed by atoms with Crippen molar-refractivity contribution in [2.24, 2.45) is 0 Å². The maximum absolute atomic E-state index is 5.35. The summed E-state index contributed by atoms with van der Waals surface area (Å²) in [4.78, 5) is 4.83. The van der Waals surface area contributed by atoms with Crippen molar-refractivity contribution in [1.82, 2.24) is 10.3 Å². The van der Waals surface area contributed by atoms with Crippen molar-refractivity contribution in [2.45, 2.75) is 46.1 Å². The molecule has 0 saturated carbocycles. The van der Waals surface area contributed by atoms with Gasteiger partial charge < -0.3 is 10.1 Å². The molecule has 0 spiro atoms. The van der Waals surface area contributed by atoms with E-state index in [1.54, 1.807) is 7.11 Å². The van der Waals surface area contributed by atoms with Crippen LogP contribution in [0.5, 0.6) is 5.75 Å². The lowest BCUT2D eigenvalue weighted by molar-refractivity contribution is 0.415. The number of nitrogens with one attached hydrogen (secondary N) is 1. The third kappa shape index (κ3) is 3.73. The summed E-state index contributed by atoms with van der Waals surface area (Å²) >= 11 is 0. The van der Waals surface area contributed by atoms with Crippen LogP contribution in [-0.4, -0.2) is 18.6 Å². The third-order valence-corrected chi connectivity index (χ3v) is 3.61. The zero-order valence-electron chi connectivity index (χ0n) is 13.8. The van der Waals surface area contributed by atoms with E-state index in [9.17, 15) is 0 Å². The summed E-state index contributed by atoms with van der Waals surface area (Å²) in [6.07, 6.45) is 1.14. The summed E-state index contributed by atoms with van der Waals surface area (Å²) in [5.41, 5.74) is 3.51. The Morgan fingerprint density at radius 1 is 1.19 bits per heavy atom. The molecule has 2 rings (SSSR count). The molecule has 0 atom stereocenters. The lowest BCUT2D eigenvalue weighted by atomic mass is 9.90. The second-order valence-corrected chi connectivity index (χ2v) is 6.48. The first-order chi connectivity index (χ1) is 9.95. The number of aromatic nitrogens is 1. The van der Waals surface area contributed by atoms with E-state index in [0.29, 0.717) is 0 Å². The van der Waals surface area contributed by atoms with E-state index in [4.69, 9.17) is 9.72 Å². The van der Waals surface area contributed by atoms with Crippen molar-refractivity contribution < 1.29 is 4.74 Å². The zero-order chi connectivity index (χ0) is 15.5. The molecule has 21 heavy (non-hydrogen) atoms. The number of fused-ring (bicyclic) bond motifs is 1. The molecule has 0 aliphatic rings. The molecule has 1 N–H and O–H groups in total. The summed E-state index contributed by atoms with van der Waals surface area (Å²) < 4.78 is 5.35. The van der Waals surface area contributed by atoms with Gasteiger partial charge in [-0.25, -0.2) is 0 Å². The number of benzene rings is 1. The third-order valence-electron chi connectivity index (χ3n) is 3.61. The molecule has 114 valence electrons. The summed E-state index contributed by atoms with van der Waals surface area (Å²) in [7, 11) is 1.70. The molecule has 0 amide bonds. The van der Waals surface area contributed by atoms with Crippen LogP contribution in [0.3, 0.4) is 0 Å². The van der Waals surface area contributed by atoms with Crippen LogP contribution >= 0.6 is 0 Å². The smallest absolute Gasteiger partial charge is 0.119 e. The Balaban J connectivity index is 2.52. The SMILES string of the molecule is CCCNCc1cc(C(C)(C)C)nc2ccc(OC)cc12. The van der Waals surface area contributed by atoms with Gasteiger partial charge in [0.1, 0.15) is 5.75 Å². The van der Waals surface area contributed by atoms with E-state index >= 15 is 0 Å². The van der Waals surface area contributed by atoms with E-state index in [1.165, 1.54) is 10.9 Å². The van der Waals surface area contributed by atoms with Crippen LogP contribution in [0.4, 0.5) is 0 Å². The predicted molar refractivity (Wildman–Crippen MR) is 89.0 cm³/mol. The highest BCUT2D eigenvalue weighted by Gasteiger charge is 2.18. The lowest BCUT2D eigenvalue weighted by Gasteiger charge is -2.20. The first-order valence-corrected chi connectivity index (χ1v) is 7.64. The zero-order valence-corrected chi connectivity index (χ0v) is 13.8. The van der Waals surface area contributed by atoms with Gasteiger partial charge in [-0.05, 0) is 42.8 Å². The summed E-state index contributed by atoms with van der Waals surface area (Å²) in [6.45, 7) is 10.7. The highest BCUT2D eigenvalue weighted by Crippen LogP contribution is 2.28. The van der Waals surface area contributed by atoms with Crippen molar-refractivity contribution in [2.75, 3.05) is 13.7 Å². The fourth-order valence-corrected chi connectivity index (χ4v) is 2.33. The van der Waals surface area contributed by atoms with Gasteiger partial charge in [0.05, 0.1) is 12.6 Å². The average molecular weight is 286 g/mol. The van der Waals surface area contributed by atoms with Crippen LogP contribution in [0.25, 0.3) is 10.9 Å². The number of methoxy groups -OCH3 is 1. The fourth-order valence-electron chi connectivity index (χ4n) is 2.33.